The molecule has 0 atom stereocenters. The van der Waals surface area contributed by atoms with Crippen molar-refractivity contribution in [1.29, 1.82) is 0 Å². The number of benzene rings is 2. The van der Waals surface area contributed by atoms with Gasteiger partial charge in [0.15, 0.2) is 5.69 Å². The van der Waals surface area contributed by atoms with Gasteiger partial charge in [0.1, 0.15) is 11.6 Å². The number of aromatic nitrogens is 2. The van der Waals surface area contributed by atoms with Crippen LogP contribution >= 0.6 is 0 Å². The third-order valence-electron chi connectivity index (χ3n) is 4.97. The van der Waals surface area contributed by atoms with Crippen molar-refractivity contribution in [2.45, 2.75) is 19.3 Å². The summed E-state index contributed by atoms with van der Waals surface area (Å²) in [6, 6.07) is 10.6. The van der Waals surface area contributed by atoms with Gasteiger partial charge >= 0.3 is 0 Å². The van der Waals surface area contributed by atoms with Crippen molar-refractivity contribution < 1.29 is 22.3 Å². The van der Waals surface area contributed by atoms with E-state index in [4.69, 9.17) is 4.74 Å². The minimum absolute atomic E-state index is 0.268. The zero-order valence-corrected chi connectivity index (χ0v) is 17.8. The molecule has 10 heteroatoms. The second kappa shape index (κ2) is 8.03. The van der Waals surface area contributed by atoms with E-state index in [0.29, 0.717) is 17.1 Å². The third kappa shape index (κ3) is 4.38. The van der Waals surface area contributed by atoms with E-state index in [1.54, 1.807) is 22.9 Å². The molecule has 1 aliphatic rings. The highest BCUT2D eigenvalue weighted by Gasteiger charge is 2.27. The van der Waals surface area contributed by atoms with Gasteiger partial charge in [-0.15, -0.1) is 0 Å². The lowest BCUT2D eigenvalue weighted by molar-refractivity contribution is 0.102. The quantitative estimate of drug-likeness (QED) is 0.608. The molecular weight excluding hydrogens is 423 g/mol. The second-order valence-electron chi connectivity index (χ2n) is 7.26. The Morgan fingerprint density at radius 3 is 2.58 bits per heavy atom. The Labute approximate surface area is 179 Å². The van der Waals surface area contributed by atoms with Crippen LogP contribution in [-0.4, -0.2) is 37.5 Å². The highest BCUT2D eigenvalue weighted by Crippen LogP contribution is 2.31. The molecule has 31 heavy (non-hydrogen) atoms. The molecule has 1 aliphatic carbocycles. The van der Waals surface area contributed by atoms with Crippen molar-refractivity contribution in [3.05, 3.63) is 65.2 Å². The minimum atomic E-state index is -3.48. The van der Waals surface area contributed by atoms with Crippen molar-refractivity contribution in [2.75, 3.05) is 23.4 Å². The number of rotatable bonds is 6. The fourth-order valence-corrected chi connectivity index (χ4v) is 4.23. The molecule has 0 radical (unpaired) electrons. The number of carbonyl (C=O) groups excluding carboxylic acids is 1. The molecule has 2 N–H and O–H groups in total. The number of hydrogen-bond donors (Lipinski definition) is 2. The Balaban J connectivity index is 1.62. The molecule has 0 aliphatic heterocycles. The molecule has 1 heterocycles. The van der Waals surface area contributed by atoms with E-state index in [1.165, 1.54) is 31.4 Å². The highest BCUT2D eigenvalue weighted by molar-refractivity contribution is 7.92. The lowest BCUT2D eigenvalue weighted by atomic mass is 10.2. The summed E-state index contributed by atoms with van der Waals surface area (Å²) in [5.74, 6) is -0.455. The maximum absolute atomic E-state index is 13.3. The van der Waals surface area contributed by atoms with Crippen LogP contribution in [-0.2, 0) is 22.9 Å². The molecule has 8 nitrogen and oxygen atoms in total. The van der Waals surface area contributed by atoms with Gasteiger partial charge in [-0.25, -0.2) is 17.5 Å². The number of nitrogens with one attached hydrogen (secondary N) is 2. The van der Waals surface area contributed by atoms with E-state index in [2.05, 4.69) is 15.1 Å². The fourth-order valence-electron chi connectivity index (χ4n) is 3.66. The van der Waals surface area contributed by atoms with Crippen LogP contribution in [0.5, 0.6) is 5.75 Å². The molecule has 0 saturated heterocycles. The largest absolute Gasteiger partial charge is 0.494 e. The van der Waals surface area contributed by atoms with Gasteiger partial charge in [-0.3, -0.25) is 9.52 Å². The zero-order chi connectivity index (χ0) is 22.2. The average molecular weight is 444 g/mol. The van der Waals surface area contributed by atoms with Crippen molar-refractivity contribution >= 4 is 27.3 Å². The summed E-state index contributed by atoms with van der Waals surface area (Å²) >= 11 is 0. The number of carbonyl (C=O) groups is 1. The van der Waals surface area contributed by atoms with Crippen LogP contribution in [0.2, 0.25) is 0 Å². The zero-order valence-electron chi connectivity index (χ0n) is 17.0. The van der Waals surface area contributed by atoms with Crippen LogP contribution in [0.1, 0.15) is 28.2 Å². The predicted octanol–water partition coefficient (Wildman–Crippen LogP) is 3.13. The van der Waals surface area contributed by atoms with Crippen LogP contribution < -0.4 is 14.8 Å². The van der Waals surface area contributed by atoms with Crippen LogP contribution in [0.25, 0.3) is 5.69 Å². The SMILES string of the molecule is COc1cc(NC(=O)c2nn(-c3ccc(F)cc3)c3c2CCC3)ccc1NS(C)(=O)=O. The molecule has 0 bridgehead atoms. The summed E-state index contributed by atoms with van der Waals surface area (Å²) in [6.07, 6.45) is 3.47. The molecule has 0 saturated carbocycles. The van der Waals surface area contributed by atoms with Gasteiger partial charge in [-0.2, -0.15) is 5.10 Å². The fraction of sp³-hybridized carbons (Fsp3) is 0.238. The monoisotopic (exact) mass is 444 g/mol. The number of nitrogens with zero attached hydrogens (tertiary/aromatic N) is 2. The third-order valence-corrected chi connectivity index (χ3v) is 5.56. The molecule has 3 aromatic rings. The van der Waals surface area contributed by atoms with Gasteiger partial charge in [-0.05, 0) is 55.7 Å². The Morgan fingerprint density at radius 2 is 1.90 bits per heavy atom. The molecule has 0 unspecified atom stereocenters. The Bertz CT molecular complexity index is 1250. The number of fused-ring (bicyclic) bond motifs is 1. The highest BCUT2D eigenvalue weighted by atomic mass is 32.2. The summed E-state index contributed by atoms with van der Waals surface area (Å²) in [5.41, 5.74) is 3.53. The normalized spacial score (nSPS) is 13.0. The molecule has 1 aromatic heterocycles. The molecule has 0 spiro atoms. The lowest BCUT2D eigenvalue weighted by Crippen LogP contribution is -2.15. The number of ether oxygens (including phenoxy) is 1. The first-order chi connectivity index (χ1) is 14.7. The van der Waals surface area contributed by atoms with Crippen molar-refractivity contribution in [1.82, 2.24) is 9.78 Å². The van der Waals surface area contributed by atoms with Crippen molar-refractivity contribution in [2.24, 2.45) is 0 Å². The van der Waals surface area contributed by atoms with E-state index >= 15 is 0 Å². The number of amides is 1. The van der Waals surface area contributed by atoms with Gasteiger partial charge in [0.2, 0.25) is 10.0 Å². The second-order valence-corrected chi connectivity index (χ2v) is 9.01. The van der Waals surface area contributed by atoms with E-state index in [9.17, 15) is 17.6 Å². The summed E-state index contributed by atoms with van der Waals surface area (Å²) in [6.45, 7) is 0. The van der Waals surface area contributed by atoms with Gasteiger partial charge in [0.05, 0.1) is 24.7 Å². The molecular formula is C21H21FN4O4S. The summed E-state index contributed by atoms with van der Waals surface area (Å²) in [4.78, 5) is 13.0. The summed E-state index contributed by atoms with van der Waals surface area (Å²) in [7, 11) is -2.07. The molecule has 1 amide bonds. The Morgan fingerprint density at radius 1 is 1.16 bits per heavy atom. The molecule has 0 fully saturated rings. The molecule has 2 aromatic carbocycles. The first-order valence-electron chi connectivity index (χ1n) is 9.59. The first kappa shape index (κ1) is 20.9. The van der Waals surface area contributed by atoms with Crippen molar-refractivity contribution in [3.8, 4) is 11.4 Å². The number of hydrogen-bond acceptors (Lipinski definition) is 5. The van der Waals surface area contributed by atoms with Gasteiger partial charge in [0, 0.05) is 23.0 Å². The van der Waals surface area contributed by atoms with Gasteiger partial charge < -0.3 is 10.1 Å². The first-order valence-corrected chi connectivity index (χ1v) is 11.5. The van der Waals surface area contributed by atoms with Gasteiger partial charge in [-0.1, -0.05) is 0 Å². The maximum Gasteiger partial charge on any atom is 0.276 e. The Kier molecular flexibility index (Phi) is 5.40. The maximum atomic E-state index is 13.3. The number of anilines is 2. The number of sulfonamides is 1. The topological polar surface area (TPSA) is 102 Å². The molecule has 4 rings (SSSR count). The van der Waals surface area contributed by atoms with Crippen LogP contribution in [0, 0.1) is 5.82 Å². The van der Waals surface area contributed by atoms with E-state index in [0.717, 1.165) is 36.8 Å². The minimum Gasteiger partial charge on any atom is -0.494 e. The van der Waals surface area contributed by atoms with Crippen molar-refractivity contribution in [3.63, 3.8) is 0 Å². The summed E-state index contributed by atoms with van der Waals surface area (Å²) in [5, 5.41) is 7.29. The predicted molar refractivity (Wildman–Crippen MR) is 115 cm³/mol. The average Bonchev–Trinajstić information content (AvgIpc) is 3.31. The van der Waals surface area contributed by atoms with E-state index in [1.807, 2.05) is 0 Å². The molecule has 162 valence electrons. The Hall–Kier alpha value is -3.40. The smallest absolute Gasteiger partial charge is 0.276 e. The number of methoxy groups -OCH3 is 1. The van der Waals surface area contributed by atoms with E-state index in [-0.39, 0.29) is 23.2 Å². The van der Waals surface area contributed by atoms with Crippen LogP contribution in [0.15, 0.2) is 42.5 Å². The van der Waals surface area contributed by atoms with Crippen LogP contribution in [0.4, 0.5) is 15.8 Å². The summed E-state index contributed by atoms with van der Waals surface area (Å²) < 4.78 is 45.6. The van der Waals surface area contributed by atoms with Gasteiger partial charge in [0.25, 0.3) is 5.91 Å². The standard InChI is InChI=1S/C21H21FN4O4S/c1-30-19-12-14(8-11-17(19)25-31(2,28)29)23-21(27)20-16-4-3-5-18(16)26(24-20)15-9-6-13(22)7-10-15/h6-12,25H,3-5H2,1-2H3,(H,23,27). The van der Waals surface area contributed by atoms with E-state index < -0.39 is 10.0 Å². The van der Waals surface area contributed by atoms with Crippen LogP contribution in [0.3, 0.4) is 0 Å². The lowest BCUT2D eigenvalue weighted by Gasteiger charge is -2.12. The number of halogens is 1.